The molecule has 2 N–H and O–H groups in total. The fraction of sp³-hybridized carbons (Fsp3) is 0.133. The van der Waals surface area contributed by atoms with Gasteiger partial charge in [-0.2, -0.15) is 0 Å². The van der Waals surface area contributed by atoms with Crippen molar-refractivity contribution in [3.63, 3.8) is 0 Å². The van der Waals surface area contributed by atoms with Gasteiger partial charge in [-0.3, -0.25) is 4.79 Å². The predicted octanol–water partition coefficient (Wildman–Crippen LogP) is 2.84. The van der Waals surface area contributed by atoms with Gasteiger partial charge in [0.05, 0.1) is 5.56 Å². The van der Waals surface area contributed by atoms with Crippen LogP contribution in [0.15, 0.2) is 36.4 Å². The van der Waals surface area contributed by atoms with Gasteiger partial charge in [0, 0.05) is 19.3 Å². The summed E-state index contributed by atoms with van der Waals surface area (Å²) in [7, 11) is 1.42. The third kappa shape index (κ3) is 2.90. The minimum atomic E-state index is -1.66. The zero-order valence-electron chi connectivity index (χ0n) is 11.2. The first kappa shape index (κ1) is 15.1. The average Bonchev–Trinajstić information content (AvgIpc) is 2.51. The van der Waals surface area contributed by atoms with Crippen LogP contribution in [0.3, 0.4) is 0 Å². The molecule has 0 aliphatic rings. The van der Waals surface area contributed by atoms with E-state index >= 15 is 0 Å². The highest BCUT2D eigenvalue weighted by molar-refractivity contribution is 6.05. The van der Waals surface area contributed by atoms with E-state index in [2.05, 4.69) is 0 Å². The van der Waals surface area contributed by atoms with Gasteiger partial charge in [-0.05, 0) is 29.8 Å². The van der Waals surface area contributed by atoms with E-state index < -0.39 is 28.9 Å². The smallest absolute Gasteiger partial charge is 0.261 e. The molecule has 1 amide bonds. The zero-order valence-corrected chi connectivity index (χ0v) is 11.2. The van der Waals surface area contributed by atoms with Crippen LogP contribution in [-0.4, -0.2) is 13.0 Å². The Bertz CT molecular complexity index is 689. The van der Waals surface area contributed by atoms with Crippen molar-refractivity contribution in [2.24, 2.45) is 5.73 Å². The number of nitrogens with zero attached hydrogens (tertiary/aromatic N) is 1. The lowest BCUT2D eigenvalue weighted by molar-refractivity contribution is 0.0988. The van der Waals surface area contributed by atoms with E-state index in [0.29, 0.717) is 5.69 Å². The summed E-state index contributed by atoms with van der Waals surface area (Å²) in [4.78, 5) is 13.3. The maximum absolute atomic E-state index is 13.7. The zero-order chi connectivity index (χ0) is 15.6. The van der Waals surface area contributed by atoms with Gasteiger partial charge in [0.25, 0.3) is 5.91 Å². The number of rotatable bonds is 3. The Morgan fingerprint density at radius 2 is 1.86 bits per heavy atom. The van der Waals surface area contributed by atoms with Crippen molar-refractivity contribution in [3.05, 3.63) is 65.0 Å². The number of hydrogen-bond donors (Lipinski definition) is 1. The van der Waals surface area contributed by atoms with Crippen molar-refractivity contribution in [1.29, 1.82) is 0 Å². The summed E-state index contributed by atoms with van der Waals surface area (Å²) in [6, 6.07) is 8.41. The number of amides is 1. The molecule has 21 heavy (non-hydrogen) atoms. The summed E-state index contributed by atoms with van der Waals surface area (Å²) < 4.78 is 39.7. The average molecular weight is 294 g/mol. The minimum absolute atomic E-state index is 0.287. The van der Waals surface area contributed by atoms with Gasteiger partial charge in [0.15, 0.2) is 17.5 Å². The Hall–Kier alpha value is -2.34. The second-order valence-electron chi connectivity index (χ2n) is 4.46. The van der Waals surface area contributed by atoms with Crippen LogP contribution in [-0.2, 0) is 6.54 Å². The molecule has 0 aromatic heterocycles. The first-order chi connectivity index (χ1) is 9.95. The van der Waals surface area contributed by atoms with Crippen molar-refractivity contribution >= 4 is 11.6 Å². The maximum atomic E-state index is 13.7. The molecule has 0 atom stereocenters. The second-order valence-corrected chi connectivity index (χ2v) is 4.46. The lowest BCUT2D eigenvalue weighted by Crippen LogP contribution is -2.27. The molecule has 3 nitrogen and oxygen atoms in total. The number of carbonyl (C=O) groups excluding carboxylic acids is 1. The summed E-state index contributed by atoms with van der Waals surface area (Å²) in [5.41, 5.74) is 6.25. The number of nitrogens with two attached hydrogens (primary N) is 1. The molecule has 0 spiro atoms. The largest absolute Gasteiger partial charge is 0.326 e. The van der Waals surface area contributed by atoms with Gasteiger partial charge >= 0.3 is 0 Å². The van der Waals surface area contributed by atoms with Crippen LogP contribution < -0.4 is 10.6 Å². The highest BCUT2D eigenvalue weighted by Gasteiger charge is 2.22. The van der Waals surface area contributed by atoms with Gasteiger partial charge in [-0.15, -0.1) is 0 Å². The SMILES string of the molecule is CN(C(=O)c1ccc(F)c(F)c1F)c1cccc(CN)c1. The normalized spacial score (nSPS) is 10.5. The van der Waals surface area contributed by atoms with Crippen LogP contribution in [0.1, 0.15) is 15.9 Å². The van der Waals surface area contributed by atoms with E-state index in [0.717, 1.165) is 22.6 Å². The highest BCUT2D eigenvalue weighted by atomic mass is 19.2. The number of hydrogen-bond acceptors (Lipinski definition) is 2. The Kier molecular flexibility index (Phi) is 4.28. The van der Waals surface area contributed by atoms with E-state index in [4.69, 9.17) is 5.73 Å². The molecule has 0 unspecified atom stereocenters. The van der Waals surface area contributed by atoms with Crippen LogP contribution in [0.4, 0.5) is 18.9 Å². The van der Waals surface area contributed by atoms with Gasteiger partial charge in [0.2, 0.25) is 0 Å². The van der Waals surface area contributed by atoms with Crippen molar-refractivity contribution in [2.75, 3.05) is 11.9 Å². The van der Waals surface area contributed by atoms with E-state index in [1.54, 1.807) is 24.3 Å². The third-order valence-corrected chi connectivity index (χ3v) is 3.10. The van der Waals surface area contributed by atoms with Crippen LogP contribution in [0.5, 0.6) is 0 Å². The molecular formula is C15H13F3N2O. The minimum Gasteiger partial charge on any atom is -0.326 e. The summed E-state index contributed by atoms with van der Waals surface area (Å²) >= 11 is 0. The Balaban J connectivity index is 2.37. The molecule has 2 aromatic carbocycles. The summed E-state index contributed by atoms with van der Waals surface area (Å²) in [6.45, 7) is 0.287. The topological polar surface area (TPSA) is 46.3 Å². The lowest BCUT2D eigenvalue weighted by atomic mass is 10.1. The van der Waals surface area contributed by atoms with Gasteiger partial charge in [0.1, 0.15) is 0 Å². The van der Waals surface area contributed by atoms with Crippen molar-refractivity contribution < 1.29 is 18.0 Å². The fourth-order valence-electron chi connectivity index (χ4n) is 1.88. The molecular weight excluding hydrogens is 281 g/mol. The number of halogens is 3. The van der Waals surface area contributed by atoms with Gasteiger partial charge in [-0.1, -0.05) is 12.1 Å². The van der Waals surface area contributed by atoms with Crippen molar-refractivity contribution in [1.82, 2.24) is 0 Å². The summed E-state index contributed by atoms with van der Waals surface area (Å²) in [5.74, 6) is -5.27. The first-order valence-corrected chi connectivity index (χ1v) is 6.16. The highest BCUT2D eigenvalue weighted by Crippen LogP contribution is 2.21. The Labute approximate surface area is 119 Å². The van der Waals surface area contributed by atoms with E-state index in [9.17, 15) is 18.0 Å². The molecule has 6 heteroatoms. The Morgan fingerprint density at radius 1 is 1.14 bits per heavy atom. The number of carbonyl (C=O) groups is 1. The molecule has 0 aliphatic carbocycles. The van der Waals surface area contributed by atoms with E-state index in [1.165, 1.54) is 7.05 Å². The monoisotopic (exact) mass is 294 g/mol. The first-order valence-electron chi connectivity index (χ1n) is 6.16. The van der Waals surface area contributed by atoms with E-state index in [1.807, 2.05) is 0 Å². The molecule has 110 valence electrons. The number of benzene rings is 2. The summed E-state index contributed by atoms with van der Waals surface area (Å²) in [5, 5.41) is 0. The quantitative estimate of drug-likeness (QED) is 0.885. The molecule has 0 saturated heterocycles. The Morgan fingerprint density at radius 3 is 2.52 bits per heavy atom. The number of anilines is 1. The van der Waals surface area contributed by atoms with Crippen LogP contribution in [0, 0.1) is 17.5 Å². The van der Waals surface area contributed by atoms with Gasteiger partial charge in [-0.25, -0.2) is 13.2 Å². The molecule has 2 rings (SSSR count). The van der Waals surface area contributed by atoms with Gasteiger partial charge < -0.3 is 10.6 Å². The van der Waals surface area contributed by atoms with Crippen LogP contribution >= 0.6 is 0 Å². The predicted molar refractivity (Wildman–Crippen MR) is 73.4 cm³/mol. The molecule has 2 aromatic rings. The molecule has 0 saturated carbocycles. The molecule has 0 aliphatic heterocycles. The third-order valence-electron chi connectivity index (χ3n) is 3.10. The molecule has 0 heterocycles. The molecule has 0 bridgehead atoms. The molecule has 0 fully saturated rings. The van der Waals surface area contributed by atoms with Crippen molar-refractivity contribution in [3.8, 4) is 0 Å². The summed E-state index contributed by atoms with van der Waals surface area (Å²) in [6.07, 6.45) is 0. The lowest BCUT2D eigenvalue weighted by Gasteiger charge is -2.18. The van der Waals surface area contributed by atoms with Crippen LogP contribution in [0.2, 0.25) is 0 Å². The van der Waals surface area contributed by atoms with Crippen molar-refractivity contribution in [2.45, 2.75) is 6.54 Å². The van der Waals surface area contributed by atoms with E-state index in [-0.39, 0.29) is 6.54 Å². The standard InChI is InChI=1S/C15H13F3N2O/c1-20(10-4-2-3-9(7-10)8-19)15(21)11-5-6-12(16)14(18)13(11)17/h2-7H,8,19H2,1H3. The molecule has 0 radical (unpaired) electrons. The maximum Gasteiger partial charge on any atom is 0.261 e. The van der Waals surface area contributed by atoms with Crippen LogP contribution in [0.25, 0.3) is 0 Å². The second kappa shape index (κ2) is 5.97. The fourth-order valence-corrected chi connectivity index (χ4v) is 1.88.